The molecule has 0 aliphatic carbocycles. The van der Waals surface area contributed by atoms with Gasteiger partial charge >= 0.3 is 12.1 Å². The first-order valence-corrected chi connectivity index (χ1v) is 8.21. The van der Waals surface area contributed by atoms with E-state index in [0.717, 1.165) is 6.07 Å². The Labute approximate surface area is 125 Å². The van der Waals surface area contributed by atoms with Crippen LogP contribution in [0.15, 0.2) is 14.7 Å². The number of thiophene rings is 1. The summed E-state index contributed by atoms with van der Waals surface area (Å²) in [6, 6.07) is 0.948. The van der Waals surface area contributed by atoms with Gasteiger partial charge in [0.05, 0.1) is 3.79 Å². The molecular formula is C9H9BrF3NO4S2. The summed E-state index contributed by atoms with van der Waals surface area (Å²) in [5, 5.41) is 8.74. The summed E-state index contributed by atoms with van der Waals surface area (Å²) in [5.41, 5.74) is 0. The smallest absolute Gasteiger partial charge is 0.389 e. The molecule has 0 amide bonds. The first-order valence-electron chi connectivity index (χ1n) is 5.12. The summed E-state index contributed by atoms with van der Waals surface area (Å²) in [7, 11) is -4.04. The zero-order valence-electron chi connectivity index (χ0n) is 9.70. The van der Waals surface area contributed by atoms with E-state index in [1.807, 2.05) is 4.72 Å². The normalized spacial score (nSPS) is 12.6. The minimum Gasteiger partial charge on any atom is -0.477 e. The lowest BCUT2D eigenvalue weighted by atomic mass is 10.3. The van der Waals surface area contributed by atoms with Gasteiger partial charge in [-0.25, -0.2) is 17.9 Å². The zero-order valence-corrected chi connectivity index (χ0v) is 12.9. The Balaban J connectivity index is 2.72. The predicted octanol–water partition coefficient (Wildman–Crippen LogP) is 2.83. The van der Waals surface area contributed by atoms with Crippen LogP contribution in [0, 0.1) is 0 Å². The largest absolute Gasteiger partial charge is 0.477 e. The molecule has 0 fully saturated rings. The van der Waals surface area contributed by atoms with Gasteiger partial charge in [-0.05, 0) is 28.4 Å². The molecule has 2 N–H and O–H groups in total. The Morgan fingerprint density at radius 2 is 2.05 bits per heavy atom. The lowest BCUT2D eigenvalue weighted by Crippen LogP contribution is -2.25. The Bertz CT molecular complexity index is 597. The number of alkyl halides is 3. The summed E-state index contributed by atoms with van der Waals surface area (Å²) in [6.07, 6.45) is -5.83. The van der Waals surface area contributed by atoms with Crippen LogP contribution in [0.3, 0.4) is 0 Å². The maximum Gasteiger partial charge on any atom is 0.389 e. The standard InChI is InChI=1S/C9H9BrF3NO4S2/c10-7-6(4-5(19-7)8(15)16)20(17,18)14-3-1-2-9(11,12)13/h4,14H,1-3H2,(H,15,16). The van der Waals surface area contributed by atoms with Crippen molar-refractivity contribution in [1.82, 2.24) is 4.72 Å². The SMILES string of the molecule is O=C(O)c1cc(S(=O)(=O)NCCCC(F)(F)F)c(Br)s1. The van der Waals surface area contributed by atoms with Crippen molar-refractivity contribution in [2.75, 3.05) is 6.54 Å². The van der Waals surface area contributed by atoms with Crippen molar-refractivity contribution >= 4 is 43.3 Å². The van der Waals surface area contributed by atoms with Crippen LogP contribution < -0.4 is 4.72 Å². The van der Waals surface area contributed by atoms with E-state index in [-0.39, 0.29) is 20.1 Å². The number of hydrogen-bond acceptors (Lipinski definition) is 4. The topological polar surface area (TPSA) is 83.5 Å². The van der Waals surface area contributed by atoms with Gasteiger partial charge in [0, 0.05) is 13.0 Å². The molecule has 20 heavy (non-hydrogen) atoms. The zero-order chi connectivity index (χ0) is 15.6. The van der Waals surface area contributed by atoms with Crippen molar-refractivity contribution < 1.29 is 31.5 Å². The van der Waals surface area contributed by atoms with Crippen molar-refractivity contribution in [1.29, 1.82) is 0 Å². The average Bonchev–Trinajstić information content (AvgIpc) is 2.66. The molecule has 1 rings (SSSR count). The maximum atomic E-state index is 11.9. The van der Waals surface area contributed by atoms with E-state index in [9.17, 15) is 26.4 Å². The molecule has 5 nitrogen and oxygen atoms in total. The Kier molecular flexibility index (Phi) is 5.58. The van der Waals surface area contributed by atoms with Crippen LogP contribution >= 0.6 is 27.3 Å². The Morgan fingerprint density at radius 1 is 1.45 bits per heavy atom. The van der Waals surface area contributed by atoms with Gasteiger partial charge in [-0.1, -0.05) is 0 Å². The fourth-order valence-electron chi connectivity index (χ4n) is 1.21. The molecule has 0 aromatic carbocycles. The number of aromatic carboxylic acids is 1. The lowest BCUT2D eigenvalue weighted by molar-refractivity contribution is -0.135. The monoisotopic (exact) mass is 395 g/mol. The van der Waals surface area contributed by atoms with Gasteiger partial charge in [-0.2, -0.15) is 13.2 Å². The van der Waals surface area contributed by atoms with Gasteiger partial charge in [0.1, 0.15) is 9.77 Å². The van der Waals surface area contributed by atoms with Crippen LogP contribution in [0.2, 0.25) is 0 Å². The molecule has 0 aliphatic rings. The van der Waals surface area contributed by atoms with Gasteiger partial charge < -0.3 is 5.11 Å². The molecule has 11 heteroatoms. The van der Waals surface area contributed by atoms with Crippen LogP contribution in [0.25, 0.3) is 0 Å². The molecule has 1 heterocycles. The number of sulfonamides is 1. The number of nitrogens with one attached hydrogen (secondary N) is 1. The number of carboxylic acid groups (broad SMARTS) is 1. The van der Waals surface area contributed by atoms with Gasteiger partial charge in [0.25, 0.3) is 0 Å². The summed E-state index contributed by atoms with van der Waals surface area (Å²) < 4.78 is 61.4. The van der Waals surface area contributed by atoms with Gasteiger partial charge in [-0.15, -0.1) is 11.3 Å². The van der Waals surface area contributed by atoms with Crippen molar-refractivity contribution in [2.24, 2.45) is 0 Å². The number of rotatable bonds is 6. The quantitative estimate of drug-likeness (QED) is 0.725. The van der Waals surface area contributed by atoms with Gasteiger partial charge in [0.2, 0.25) is 10.0 Å². The average molecular weight is 396 g/mol. The first kappa shape index (κ1) is 17.4. The molecule has 1 aromatic heterocycles. The van der Waals surface area contributed by atoms with E-state index in [1.54, 1.807) is 0 Å². The molecule has 0 atom stereocenters. The molecule has 0 spiro atoms. The van der Waals surface area contributed by atoms with Crippen molar-refractivity contribution in [3.63, 3.8) is 0 Å². The van der Waals surface area contributed by atoms with Crippen LogP contribution in [0.5, 0.6) is 0 Å². The Hall–Kier alpha value is -0.650. The van der Waals surface area contributed by atoms with Gasteiger partial charge in [-0.3, -0.25) is 0 Å². The molecule has 114 valence electrons. The van der Waals surface area contributed by atoms with E-state index < -0.39 is 35.0 Å². The van der Waals surface area contributed by atoms with Crippen molar-refractivity contribution in [3.8, 4) is 0 Å². The molecule has 1 aromatic rings. The summed E-state index contributed by atoms with van der Waals surface area (Å²) in [4.78, 5) is 10.2. The van der Waals surface area contributed by atoms with E-state index in [0.29, 0.717) is 11.3 Å². The summed E-state index contributed by atoms with van der Waals surface area (Å²) >= 11 is 3.63. The second-order valence-electron chi connectivity index (χ2n) is 3.67. The lowest BCUT2D eigenvalue weighted by Gasteiger charge is -2.07. The maximum absolute atomic E-state index is 11.9. The fraction of sp³-hybridized carbons (Fsp3) is 0.444. The number of hydrogen-bond donors (Lipinski definition) is 2. The predicted molar refractivity (Wildman–Crippen MR) is 69.5 cm³/mol. The second-order valence-corrected chi connectivity index (χ2v) is 7.78. The molecule has 0 radical (unpaired) electrons. The third-order valence-electron chi connectivity index (χ3n) is 2.08. The van der Waals surface area contributed by atoms with Crippen molar-refractivity contribution in [2.45, 2.75) is 23.9 Å². The van der Waals surface area contributed by atoms with E-state index in [4.69, 9.17) is 5.11 Å². The Morgan fingerprint density at radius 3 is 2.50 bits per heavy atom. The molecule has 0 saturated heterocycles. The highest BCUT2D eigenvalue weighted by atomic mass is 79.9. The fourth-order valence-corrected chi connectivity index (χ4v) is 4.69. The molecular weight excluding hydrogens is 387 g/mol. The van der Waals surface area contributed by atoms with Crippen LogP contribution in [0.4, 0.5) is 13.2 Å². The highest BCUT2D eigenvalue weighted by molar-refractivity contribution is 9.11. The van der Waals surface area contributed by atoms with E-state index in [2.05, 4.69) is 15.9 Å². The molecule has 0 unspecified atom stereocenters. The van der Waals surface area contributed by atoms with E-state index in [1.165, 1.54) is 0 Å². The summed E-state index contributed by atoms with van der Waals surface area (Å²) in [6.45, 7) is -0.382. The molecule has 0 saturated carbocycles. The third-order valence-corrected chi connectivity index (χ3v) is 5.79. The van der Waals surface area contributed by atoms with Crippen LogP contribution in [-0.4, -0.2) is 32.2 Å². The summed E-state index contributed by atoms with van der Waals surface area (Å²) in [5.74, 6) is -1.28. The number of carbonyl (C=O) groups is 1. The second kappa shape index (κ2) is 6.41. The van der Waals surface area contributed by atoms with Crippen LogP contribution in [0.1, 0.15) is 22.5 Å². The van der Waals surface area contributed by atoms with Crippen molar-refractivity contribution in [3.05, 3.63) is 14.7 Å². The first-order chi connectivity index (χ1) is 9.03. The highest BCUT2D eigenvalue weighted by Gasteiger charge is 2.27. The van der Waals surface area contributed by atoms with Gasteiger partial charge in [0.15, 0.2) is 0 Å². The molecule has 0 aliphatic heterocycles. The van der Waals surface area contributed by atoms with Crippen LogP contribution in [-0.2, 0) is 10.0 Å². The van der Waals surface area contributed by atoms with E-state index >= 15 is 0 Å². The third kappa shape index (κ3) is 5.04. The number of carboxylic acids is 1. The minimum atomic E-state index is -4.34. The highest BCUT2D eigenvalue weighted by Crippen LogP contribution is 2.31. The molecule has 0 bridgehead atoms. The number of halogens is 4. The minimum absolute atomic E-state index is 0.0817.